The van der Waals surface area contributed by atoms with E-state index in [9.17, 15) is 24.1 Å². The van der Waals surface area contributed by atoms with E-state index >= 15 is 0 Å². The molecule has 3 aromatic rings. The molecular formula is C25H26ClF2N11O2. The summed E-state index contributed by atoms with van der Waals surface area (Å²) in [6.07, 6.45) is 0.545. The lowest BCUT2D eigenvalue weighted by atomic mass is 9.98. The predicted molar refractivity (Wildman–Crippen MR) is 146 cm³/mol. The molecule has 1 aliphatic heterocycles. The zero-order valence-electron chi connectivity index (χ0n) is 21.9. The fourth-order valence-electron chi connectivity index (χ4n) is 4.64. The van der Waals surface area contributed by atoms with E-state index in [0.29, 0.717) is 35.8 Å². The summed E-state index contributed by atoms with van der Waals surface area (Å²) in [5, 5.41) is 35.8. The molecule has 2 unspecified atom stereocenters. The maximum Gasteiger partial charge on any atom is 0.407 e. The number of nitriles is 2. The Balaban J connectivity index is 1.45. The predicted octanol–water partition coefficient (Wildman–Crippen LogP) is 3.00. The van der Waals surface area contributed by atoms with E-state index in [1.807, 2.05) is 4.90 Å². The van der Waals surface area contributed by atoms with Gasteiger partial charge in [0.05, 0.1) is 53.9 Å². The normalized spacial score (nSPS) is 18.6. The highest BCUT2D eigenvalue weighted by atomic mass is 35.5. The fourth-order valence-corrected chi connectivity index (χ4v) is 4.92. The number of carbonyl (C=O) groups excluding carboxylic acids is 1. The first-order chi connectivity index (χ1) is 19.8. The van der Waals surface area contributed by atoms with Gasteiger partial charge in [0.25, 0.3) is 6.43 Å². The van der Waals surface area contributed by atoms with Crippen molar-refractivity contribution in [1.29, 1.82) is 10.5 Å². The summed E-state index contributed by atoms with van der Waals surface area (Å²) in [5.74, 6) is 0.572. The molecule has 16 heteroatoms. The van der Waals surface area contributed by atoms with Crippen LogP contribution in [0.5, 0.6) is 0 Å². The van der Waals surface area contributed by atoms with Crippen LogP contribution < -0.4 is 26.2 Å². The molecule has 2 aromatic heterocycles. The van der Waals surface area contributed by atoms with Crippen molar-refractivity contribution in [3.63, 3.8) is 0 Å². The Morgan fingerprint density at radius 3 is 2.73 bits per heavy atom. The van der Waals surface area contributed by atoms with Crippen LogP contribution in [0.15, 0.2) is 18.3 Å². The molecule has 4 N–H and O–H groups in total. The van der Waals surface area contributed by atoms with Crippen LogP contribution in [0, 0.1) is 22.7 Å². The van der Waals surface area contributed by atoms with Crippen molar-refractivity contribution < 1.29 is 18.3 Å². The number of piperidine rings is 1. The van der Waals surface area contributed by atoms with E-state index in [-0.39, 0.29) is 34.8 Å². The molecule has 41 heavy (non-hydrogen) atoms. The first-order valence-electron chi connectivity index (χ1n) is 12.8. The molecule has 3 heterocycles. The highest BCUT2D eigenvalue weighted by Crippen LogP contribution is 2.37. The number of ether oxygens (including phenoxy) is 1. The Hall–Kier alpha value is -4.47. The molecule has 2 aliphatic rings. The molecule has 2 atom stereocenters. The molecular weight excluding hydrogens is 560 g/mol. The second-order valence-corrected chi connectivity index (χ2v) is 10.0. The van der Waals surface area contributed by atoms with Gasteiger partial charge in [-0.05, 0) is 31.4 Å². The zero-order chi connectivity index (χ0) is 29.1. The number of hydrogen-bond donors (Lipinski definition) is 4. The summed E-state index contributed by atoms with van der Waals surface area (Å²) in [7, 11) is 1.23. The van der Waals surface area contributed by atoms with Crippen molar-refractivity contribution in [2.45, 2.75) is 43.8 Å². The number of amides is 1. The average molecular weight is 586 g/mol. The van der Waals surface area contributed by atoms with Crippen molar-refractivity contribution in [2.24, 2.45) is 0 Å². The van der Waals surface area contributed by atoms with Crippen LogP contribution in [0.3, 0.4) is 0 Å². The Bertz CT molecular complexity index is 1530. The van der Waals surface area contributed by atoms with Crippen LogP contribution >= 0.6 is 11.6 Å². The SMILES string of the molecule is COC(=O)NC1CCN(c2cc(C#N)cc(Nc3nc(NC4CC4)c4ncc(C#N)n4n3)c2Cl)CC1NCC(F)F. The van der Waals surface area contributed by atoms with Crippen molar-refractivity contribution in [3.8, 4) is 12.1 Å². The first kappa shape index (κ1) is 28.1. The van der Waals surface area contributed by atoms with Gasteiger partial charge in [0, 0.05) is 25.2 Å². The number of alkyl halides is 2. The van der Waals surface area contributed by atoms with Gasteiger partial charge in [0.2, 0.25) is 5.95 Å². The number of aromatic nitrogens is 4. The van der Waals surface area contributed by atoms with E-state index in [1.165, 1.54) is 17.8 Å². The van der Waals surface area contributed by atoms with Crippen molar-refractivity contribution >= 4 is 46.5 Å². The highest BCUT2D eigenvalue weighted by Gasteiger charge is 2.32. The third-order valence-electron chi connectivity index (χ3n) is 6.80. The van der Waals surface area contributed by atoms with Gasteiger partial charge < -0.3 is 30.9 Å². The Labute approximate surface area is 238 Å². The van der Waals surface area contributed by atoms with Crippen molar-refractivity contribution in [2.75, 3.05) is 42.3 Å². The standard InChI is InChI=1S/C25H26ClF2N11O2/c1-41-25(40)35-16-4-5-38(12-18(16)31-11-20(27)28)19-7-13(8-29)6-17(21(19)26)34-24-36-22(33-14-2-3-14)23-32-10-15(9-30)39(23)37-24/h6-7,10,14,16,18,20,31H,2-5,11-12H2,1H3,(H,35,40)(H2,33,34,36,37). The fraction of sp³-hybridized carbons (Fsp3) is 0.440. The second kappa shape index (κ2) is 12.0. The molecule has 2 fully saturated rings. The lowest BCUT2D eigenvalue weighted by molar-refractivity contribution is 0.133. The van der Waals surface area contributed by atoms with Crippen LogP contribution in [0.2, 0.25) is 5.02 Å². The molecule has 1 aromatic carbocycles. The van der Waals surface area contributed by atoms with Gasteiger partial charge >= 0.3 is 6.09 Å². The van der Waals surface area contributed by atoms with E-state index in [2.05, 4.69) is 53.2 Å². The quantitative estimate of drug-likeness (QED) is 0.291. The zero-order valence-corrected chi connectivity index (χ0v) is 22.6. The number of halogens is 3. The van der Waals surface area contributed by atoms with Gasteiger partial charge in [0.1, 0.15) is 6.07 Å². The van der Waals surface area contributed by atoms with Gasteiger partial charge in [-0.25, -0.2) is 18.6 Å². The van der Waals surface area contributed by atoms with Gasteiger partial charge in [-0.15, -0.1) is 5.10 Å². The van der Waals surface area contributed by atoms with Crippen molar-refractivity contribution in [1.82, 2.24) is 30.2 Å². The molecule has 1 amide bonds. The van der Waals surface area contributed by atoms with E-state index < -0.39 is 31.1 Å². The van der Waals surface area contributed by atoms with Crippen LogP contribution in [0.1, 0.15) is 30.5 Å². The summed E-state index contributed by atoms with van der Waals surface area (Å²) < 4.78 is 32.1. The number of nitrogens with zero attached hydrogens (tertiary/aromatic N) is 7. The third kappa shape index (κ3) is 6.32. The van der Waals surface area contributed by atoms with Gasteiger partial charge in [-0.2, -0.15) is 20.0 Å². The average Bonchev–Trinajstić information content (AvgIpc) is 3.69. The largest absolute Gasteiger partial charge is 0.453 e. The van der Waals surface area contributed by atoms with Crippen LogP contribution in [-0.4, -0.2) is 77.0 Å². The third-order valence-corrected chi connectivity index (χ3v) is 7.20. The molecule has 0 spiro atoms. The van der Waals surface area contributed by atoms with Crippen LogP contribution in [-0.2, 0) is 4.74 Å². The maximum atomic E-state index is 13.0. The minimum absolute atomic E-state index is 0.121. The van der Waals surface area contributed by atoms with E-state index in [0.717, 1.165) is 12.8 Å². The summed E-state index contributed by atoms with van der Waals surface area (Å²) >= 11 is 6.84. The molecule has 0 radical (unpaired) electrons. The first-order valence-corrected chi connectivity index (χ1v) is 13.2. The highest BCUT2D eigenvalue weighted by molar-refractivity contribution is 6.36. The molecule has 1 saturated heterocycles. The summed E-state index contributed by atoms with van der Waals surface area (Å²) in [6, 6.07) is 6.56. The number of methoxy groups -OCH3 is 1. The van der Waals surface area contributed by atoms with E-state index in [1.54, 1.807) is 12.1 Å². The number of nitrogens with one attached hydrogen (secondary N) is 4. The maximum absolute atomic E-state index is 13.0. The number of hydrogen-bond acceptors (Lipinski definition) is 11. The summed E-state index contributed by atoms with van der Waals surface area (Å²) in [4.78, 5) is 22.5. The Morgan fingerprint density at radius 2 is 2.05 bits per heavy atom. The van der Waals surface area contributed by atoms with Gasteiger partial charge in [-0.3, -0.25) is 0 Å². The summed E-state index contributed by atoms with van der Waals surface area (Å²) in [5.41, 5.74) is 1.74. The number of rotatable bonds is 9. The molecule has 13 nitrogen and oxygen atoms in total. The van der Waals surface area contributed by atoms with Gasteiger partial charge in [-0.1, -0.05) is 11.6 Å². The number of fused-ring (bicyclic) bond motifs is 1. The number of benzene rings is 1. The molecule has 1 saturated carbocycles. The molecule has 1 aliphatic carbocycles. The van der Waals surface area contributed by atoms with E-state index in [4.69, 9.17) is 11.6 Å². The Kier molecular flexibility index (Phi) is 8.19. The minimum atomic E-state index is -2.58. The second-order valence-electron chi connectivity index (χ2n) is 9.67. The molecule has 0 bridgehead atoms. The Morgan fingerprint density at radius 1 is 1.24 bits per heavy atom. The molecule has 214 valence electrons. The minimum Gasteiger partial charge on any atom is -0.453 e. The monoisotopic (exact) mass is 585 g/mol. The smallest absolute Gasteiger partial charge is 0.407 e. The lowest BCUT2D eigenvalue weighted by Crippen LogP contribution is -2.60. The van der Waals surface area contributed by atoms with Crippen molar-refractivity contribution in [3.05, 3.63) is 34.6 Å². The van der Waals surface area contributed by atoms with Crippen LogP contribution in [0.25, 0.3) is 5.65 Å². The number of alkyl carbamates (subject to hydrolysis) is 1. The lowest BCUT2D eigenvalue weighted by Gasteiger charge is -2.40. The summed E-state index contributed by atoms with van der Waals surface area (Å²) in [6.45, 7) is 0.0640. The number of imidazole rings is 1. The number of anilines is 4. The molecule has 5 rings (SSSR count). The van der Waals surface area contributed by atoms with Gasteiger partial charge in [0.15, 0.2) is 17.2 Å². The number of carbonyl (C=O) groups is 1. The van der Waals surface area contributed by atoms with Crippen LogP contribution in [0.4, 0.5) is 36.7 Å². The topological polar surface area (TPSA) is 168 Å².